The second-order valence-electron chi connectivity index (χ2n) is 6.94. The largest absolute Gasteiger partial charge is 0.357 e. The number of H-pyrrole nitrogens is 1. The molecule has 0 saturated carbocycles. The Balaban J connectivity index is 1.49. The molecule has 0 atom stereocenters. The van der Waals surface area contributed by atoms with Crippen LogP contribution in [0.4, 0.5) is 0 Å². The molecule has 2 aromatic heterocycles. The van der Waals surface area contributed by atoms with E-state index in [9.17, 15) is 9.59 Å². The Kier molecular flexibility index (Phi) is 4.54. The number of aromatic nitrogens is 2. The van der Waals surface area contributed by atoms with Crippen molar-refractivity contribution >= 4 is 23.2 Å². The summed E-state index contributed by atoms with van der Waals surface area (Å²) < 4.78 is 0. The van der Waals surface area contributed by atoms with Gasteiger partial charge in [-0.25, -0.2) is 4.98 Å². The van der Waals surface area contributed by atoms with Crippen LogP contribution >= 0.6 is 11.3 Å². The van der Waals surface area contributed by atoms with E-state index in [1.165, 1.54) is 0 Å². The van der Waals surface area contributed by atoms with Gasteiger partial charge in [-0.15, -0.1) is 11.3 Å². The number of piperidine rings is 1. The first-order valence-electron chi connectivity index (χ1n) is 8.95. The van der Waals surface area contributed by atoms with Crippen molar-refractivity contribution in [3.05, 3.63) is 40.1 Å². The van der Waals surface area contributed by atoms with E-state index in [4.69, 9.17) is 0 Å². The van der Waals surface area contributed by atoms with Crippen molar-refractivity contribution in [1.82, 2.24) is 25.1 Å². The summed E-state index contributed by atoms with van der Waals surface area (Å²) in [5.41, 5.74) is 1.08. The minimum absolute atomic E-state index is 0.00254. The molecule has 2 N–H and O–H groups in total. The van der Waals surface area contributed by atoms with E-state index in [0.29, 0.717) is 44.7 Å². The van der Waals surface area contributed by atoms with Gasteiger partial charge in [-0.1, -0.05) is 0 Å². The zero-order valence-corrected chi connectivity index (χ0v) is 15.6. The molecule has 0 radical (unpaired) electrons. The number of hydrogen-bond acceptors (Lipinski definition) is 5. The number of carbonyl (C=O) groups is 2. The number of thiazole rings is 1. The third-order valence-corrected chi connectivity index (χ3v) is 6.24. The fraction of sp³-hybridized carbons (Fsp3) is 0.500. The minimum Gasteiger partial charge on any atom is -0.357 e. The lowest BCUT2D eigenvalue weighted by Crippen LogP contribution is -2.67. The molecular weight excluding hydrogens is 350 g/mol. The number of carbonyl (C=O) groups excluding carboxylic acids is 2. The maximum absolute atomic E-state index is 12.8. The first-order valence-corrected chi connectivity index (χ1v) is 9.83. The van der Waals surface area contributed by atoms with Gasteiger partial charge in [0.15, 0.2) is 0 Å². The molecule has 0 aliphatic carbocycles. The Hall–Kier alpha value is -2.19. The van der Waals surface area contributed by atoms with E-state index in [1.54, 1.807) is 23.6 Å². The molecule has 4 rings (SSSR count). The first-order chi connectivity index (χ1) is 12.6. The Morgan fingerprint density at radius 3 is 2.81 bits per heavy atom. The summed E-state index contributed by atoms with van der Waals surface area (Å²) in [6.45, 7) is 5.32. The highest BCUT2D eigenvalue weighted by atomic mass is 32.1. The quantitative estimate of drug-likeness (QED) is 0.852. The van der Waals surface area contributed by atoms with Crippen molar-refractivity contribution in [1.29, 1.82) is 0 Å². The normalized spacial score (nSPS) is 20.3. The molecule has 7 nitrogen and oxygen atoms in total. The SMILES string of the molecule is Cc1nc(CN2CCNC(=O)C23CCN(C(=O)c2ccc[nH]2)CC3)cs1. The Morgan fingerprint density at radius 2 is 2.15 bits per heavy atom. The number of amides is 2. The number of piperazine rings is 1. The van der Waals surface area contributed by atoms with E-state index in [0.717, 1.165) is 17.2 Å². The number of likely N-dealkylation sites (tertiary alicyclic amines) is 1. The Morgan fingerprint density at radius 1 is 1.35 bits per heavy atom. The van der Waals surface area contributed by atoms with Crippen molar-refractivity contribution < 1.29 is 9.59 Å². The van der Waals surface area contributed by atoms with E-state index < -0.39 is 5.54 Å². The highest BCUT2D eigenvalue weighted by molar-refractivity contribution is 7.09. The van der Waals surface area contributed by atoms with Crippen LogP contribution in [-0.2, 0) is 11.3 Å². The molecule has 2 aliphatic rings. The highest BCUT2D eigenvalue weighted by Crippen LogP contribution is 2.33. The van der Waals surface area contributed by atoms with Gasteiger partial charge in [0.25, 0.3) is 5.91 Å². The monoisotopic (exact) mass is 373 g/mol. The molecule has 0 bridgehead atoms. The molecule has 2 fully saturated rings. The molecule has 2 saturated heterocycles. The van der Waals surface area contributed by atoms with Gasteiger partial charge in [-0.05, 0) is 31.9 Å². The summed E-state index contributed by atoms with van der Waals surface area (Å²) in [5.74, 6) is 0.0883. The summed E-state index contributed by atoms with van der Waals surface area (Å²) in [6.07, 6.45) is 3.05. The van der Waals surface area contributed by atoms with Crippen molar-refractivity contribution in [3.8, 4) is 0 Å². The molecule has 2 aliphatic heterocycles. The second kappa shape index (κ2) is 6.85. The van der Waals surface area contributed by atoms with Gasteiger partial charge < -0.3 is 15.2 Å². The predicted molar refractivity (Wildman–Crippen MR) is 98.9 cm³/mol. The van der Waals surface area contributed by atoms with Crippen molar-refractivity contribution in [2.24, 2.45) is 0 Å². The fourth-order valence-corrected chi connectivity index (χ4v) is 4.59. The lowest BCUT2D eigenvalue weighted by atomic mass is 9.83. The summed E-state index contributed by atoms with van der Waals surface area (Å²) in [4.78, 5) is 37.0. The third-order valence-electron chi connectivity index (χ3n) is 5.42. The fourth-order valence-electron chi connectivity index (χ4n) is 3.99. The van der Waals surface area contributed by atoms with Crippen LogP contribution < -0.4 is 5.32 Å². The topological polar surface area (TPSA) is 81.3 Å². The van der Waals surface area contributed by atoms with E-state index >= 15 is 0 Å². The van der Waals surface area contributed by atoms with Crippen LogP contribution in [0.3, 0.4) is 0 Å². The Labute approximate surface area is 156 Å². The van der Waals surface area contributed by atoms with Gasteiger partial charge >= 0.3 is 0 Å². The molecule has 8 heteroatoms. The van der Waals surface area contributed by atoms with Crippen molar-refractivity contribution in [2.75, 3.05) is 26.2 Å². The summed E-state index contributed by atoms with van der Waals surface area (Å²) in [5, 5.41) is 6.14. The van der Waals surface area contributed by atoms with Crippen LogP contribution in [0.5, 0.6) is 0 Å². The minimum atomic E-state index is -0.539. The predicted octanol–water partition coefficient (Wildman–Crippen LogP) is 1.39. The smallest absolute Gasteiger partial charge is 0.270 e. The van der Waals surface area contributed by atoms with Crippen LogP contribution in [-0.4, -0.2) is 63.3 Å². The average Bonchev–Trinajstić information content (AvgIpc) is 3.31. The number of hydrogen-bond donors (Lipinski definition) is 2. The molecule has 2 amide bonds. The van der Waals surface area contributed by atoms with Crippen molar-refractivity contribution in [2.45, 2.75) is 31.8 Å². The number of nitrogens with zero attached hydrogens (tertiary/aromatic N) is 3. The molecule has 1 spiro atoms. The van der Waals surface area contributed by atoms with E-state index in [1.807, 2.05) is 17.9 Å². The molecule has 2 aromatic rings. The molecular formula is C18H23N5O2S. The standard InChI is InChI=1S/C18H23N5O2S/c1-13-21-14(12-26-13)11-23-10-7-20-17(25)18(23)4-8-22(9-5-18)16(24)15-3-2-6-19-15/h2-3,6,12,19H,4-5,7-11H2,1H3,(H,20,25). The third kappa shape index (κ3) is 3.03. The summed E-state index contributed by atoms with van der Waals surface area (Å²) in [7, 11) is 0. The Bertz CT molecular complexity index is 792. The molecule has 0 aromatic carbocycles. The summed E-state index contributed by atoms with van der Waals surface area (Å²) in [6, 6.07) is 3.61. The van der Waals surface area contributed by atoms with E-state index in [2.05, 4.69) is 25.6 Å². The van der Waals surface area contributed by atoms with Crippen LogP contribution in [0.2, 0.25) is 0 Å². The average molecular weight is 373 g/mol. The van der Waals surface area contributed by atoms with E-state index in [-0.39, 0.29) is 11.8 Å². The van der Waals surface area contributed by atoms with Gasteiger partial charge in [0.05, 0.1) is 10.7 Å². The summed E-state index contributed by atoms with van der Waals surface area (Å²) >= 11 is 1.64. The van der Waals surface area contributed by atoms with Gasteiger partial charge in [0, 0.05) is 44.3 Å². The van der Waals surface area contributed by atoms with Crippen LogP contribution in [0.1, 0.15) is 34.0 Å². The van der Waals surface area contributed by atoms with Gasteiger partial charge in [-0.2, -0.15) is 0 Å². The zero-order chi connectivity index (χ0) is 18.1. The molecule has 0 unspecified atom stereocenters. The van der Waals surface area contributed by atoms with Gasteiger partial charge in [0.1, 0.15) is 11.2 Å². The lowest BCUT2D eigenvalue weighted by Gasteiger charge is -2.49. The number of nitrogens with one attached hydrogen (secondary N) is 2. The van der Waals surface area contributed by atoms with Crippen molar-refractivity contribution in [3.63, 3.8) is 0 Å². The molecule has 4 heterocycles. The first kappa shape index (κ1) is 17.2. The van der Waals surface area contributed by atoms with Gasteiger partial charge in [0.2, 0.25) is 5.91 Å². The maximum atomic E-state index is 12.8. The van der Waals surface area contributed by atoms with Crippen LogP contribution in [0.15, 0.2) is 23.7 Å². The maximum Gasteiger partial charge on any atom is 0.270 e. The highest BCUT2D eigenvalue weighted by Gasteiger charge is 2.48. The molecule has 138 valence electrons. The number of aryl methyl sites for hydroxylation is 1. The van der Waals surface area contributed by atoms with Gasteiger partial charge in [-0.3, -0.25) is 14.5 Å². The second-order valence-corrected chi connectivity index (χ2v) is 8.01. The zero-order valence-electron chi connectivity index (χ0n) is 14.8. The lowest BCUT2D eigenvalue weighted by molar-refractivity contribution is -0.141. The van der Waals surface area contributed by atoms with Crippen LogP contribution in [0.25, 0.3) is 0 Å². The number of aromatic amines is 1. The van der Waals surface area contributed by atoms with Crippen LogP contribution in [0, 0.1) is 6.92 Å². The number of rotatable bonds is 3. The molecule has 26 heavy (non-hydrogen) atoms.